The molecular weight excluding hydrogens is 828 g/mol. The van der Waals surface area contributed by atoms with Gasteiger partial charge in [0.25, 0.3) is 5.91 Å². The lowest BCUT2D eigenvalue weighted by atomic mass is 9.91. The molecular formula is C46H47FN8O7S. The number of nitrogens with one attached hydrogen (secondary N) is 1. The van der Waals surface area contributed by atoms with Crippen molar-refractivity contribution in [1.82, 2.24) is 38.5 Å². The van der Waals surface area contributed by atoms with E-state index in [1.54, 1.807) is 67.0 Å². The number of fused-ring (bicyclic) bond motifs is 2. The highest BCUT2D eigenvalue weighted by molar-refractivity contribution is 7.91. The lowest BCUT2D eigenvalue weighted by Gasteiger charge is -2.34. The van der Waals surface area contributed by atoms with Gasteiger partial charge in [-0.25, -0.2) is 27.1 Å². The van der Waals surface area contributed by atoms with Crippen LogP contribution in [0.2, 0.25) is 0 Å². The first kappa shape index (κ1) is 40.7. The summed E-state index contributed by atoms with van der Waals surface area (Å²) in [5.74, 6) is -0.237. The van der Waals surface area contributed by atoms with Crippen molar-refractivity contribution in [3.8, 4) is 17.2 Å². The van der Waals surface area contributed by atoms with E-state index < -0.39 is 32.9 Å². The number of aromatic amines is 1. The van der Waals surface area contributed by atoms with Gasteiger partial charge < -0.3 is 14.2 Å². The number of rotatable bonds is 9. The maximum atomic E-state index is 15.4. The fourth-order valence-electron chi connectivity index (χ4n) is 9.93. The lowest BCUT2D eigenvalue weighted by molar-refractivity contribution is 0.0663. The van der Waals surface area contributed by atoms with Gasteiger partial charge in [-0.05, 0) is 123 Å². The Morgan fingerprint density at radius 3 is 2.30 bits per heavy atom. The van der Waals surface area contributed by atoms with Crippen molar-refractivity contribution in [1.29, 1.82) is 0 Å². The average molecular weight is 875 g/mol. The van der Waals surface area contributed by atoms with Crippen LogP contribution in [0, 0.1) is 25.6 Å². The Morgan fingerprint density at radius 1 is 0.952 bits per heavy atom. The molecule has 1 N–H and O–H groups in total. The Kier molecular flexibility index (Phi) is 9.63. The summed E-state index contributed by atoms with van der Waals surface area (Å²) in [7, 11) is -3.46. The number of nitrogens with zero attached hydrogens (tertiary/aromatic N) is 7. The van der Waals surface area contributed by atoms with Crippen LogP contribution in [0.4, 0.5) is 4.39 Å². The SMILES string of the molecule is CCS(=O)(=O)c1ccc(-n2ccn(-c3c4c(nn3-c3cc(C)c(F)c(C)c3)CCN(C(=O)c3cc5cc(C6CCOCC6)ccc5n3[C@@]3(c5noc(=O)[nH]5)C[C@@H]3C)[C@H]4C)c2=O)cc1. The first-order valence-corrected chi connectivity index (χ1v) is 23.0. The molecule has 2 fully saturated rings. The molecule has 0 bridgehead atoms. The lowest BCUT2D eigenvalue weighted by Crippen LogP contribution is -2.41. The van der Waals surface area contributed by atoms with Crippen molar-refractivity contribution >= 4 is 26.6 Å². The quantitative estimate of drug-likeness (QED) is 0.172. The molecule has 1 saturated heterocycles. The summed E-state index contributed by atoms with van der Waals surface area (Å²) >= 11 is 0. The Hall–Kier alpha value is -6.33. The van der Waals surface area contributed by atoms with Gasteiger partial charge in [0.15, 0.2) is 15.7 Å². The number of sulfone groups is 1. The summed E-state index contributed by atoms with van der Waals surface area (Å²) in [5, 5.41) is 10.1. The number of ether oxygens (including phenoxy) is 1. The fraction of sp³-hybridized carbons (Fsp3) is 0.370. The van der Waals surface area contributed by atoms with Gasteiger partial charge in [0, 0.05) is 55.0 Å². The number of hydrogen-bond acceptors (Lipinski definition) is 9. The van der Waals surface area contributed by atoms with Gasteiger partial charge in [-0.15, -0.1) is 0 Å². The molecule has 0 radical (unpaired) electrons. The number of hydrogen-bond donors (Lipinski definition) is 1. The summed E-state index contributed by atoms with van der Waals surface area (Å²) in [4.78, 5) is 47.1. The zero-order chi connectivity index (χ0) is 44.1. The topological polar surface area (TPSA) is 172 Å². The van der Waals surface area contributed by atoms with Gasteiger partial charge >= 0.3 is 11.4 Å². The predicted octanol–water partition coefficient (Wildman–Crippen LogP) is 6.43. The van der Waals surface area contributed by atoms with Crippen LogP contribution in [-0.2, 0) is 26.5 Å². The molecule has 15 nitrogen and oxygen atoms in total. The Labute approximate surface area is 361 Å². The summed E-state index contributed by atoms with van der Waals surface area (Å²) in [5.41, 5.74) is 4.28. The second kappa shape index (κ2) is 14.9. The van der Waals surface area contributed by atoms with E-state index in [2.05, 4.69) is 35.3 Å². The van der Waals surface area contributed by atoms with Crippen LogP contribution in [0.15, 0.2) is 92.1 Å². The monoisotopic (exact) mass is 874 g/mol. The molecule has 0 spiro atoms. The molecule has 63 heavy (non-hydrogen) atoms. The van der Waals surface area contributed by atoms with Crippen molar-refractivity contribution in [2.75, 3.05) is 25.5 Å². The van der Waals surface area contributed by atoms with Crippen LogP contribution < -0.4 is 11.4 Å². The van der Waals surface area contributed by atoms with Crippen LogP contribution in [0.3, 0.4) is 0 Å². The smallest absolute Gasteiger partial charge is 0.381 e. The molecule has 17 heteroatoms. The number of halogens is 1. The van der Waals surface area contributed by atoms with E-state index in [1.807, 2.05) is 17.6 Å². The van der Waals surface area contributed by atoms with Crippen molar-refractivity contribution in [3.05, 3.63) is 139 Å². The van der Waals surface area contributed by atoms with Crippen molar-refractivity contribution in [3.63, 3.8) is 0 Å². The van der Waals surface area contributed by atoms with E-state index in [0.717, 1.165) is 23.7 Å². The van der Waals surface area contributed by atoms with E-state index >= 15 is 9.18 Å². The molecule has 3 aromatic carbocycles. The highest BCUT2D eigenvalue weighted by Crippen LogP contribution is 2.56. The van der Waals surface area contributed by atoms with Crippen molar-refractivity contribution in [2.45, 2.75) is 82.7 Å². The Bertz CT molecular complexity index is 3180. The zero-order valence-electron chi connectivity index (χ0n) is 35.6. The molecule has 4 aromatic heterocycles. The molecule has 1 aliphatic carbocycles. The third-order valence-corrected chi connectivity index (χ3v) is 15.2. The molecule has 3 atom stereocenters. The van der Waals surface area contributed by atoms with Gasteiger partial charge in [0.1, 0.15) is 22.9 Å². The second-order valence-electron chi connectivity index (χ2n) is 17.2. The number of carbonyl (C=O) groups is 1. The molecule has 2 aliphatic heterocycles. The van der Waals surface area contributed by atoms with E-state index in [4.69, 9.17) is 14.4 Å². The first-order chi connectivity index (χ1) is 30.2. The second-order valence-corrected chi connectivity index (χ2v) is 19.5. The van der Waals surface area contributed by atoms with Crippen LogP contribution >= 0.6 is 0 Å². The van der Waals surface area contributed by atoms with E-state index in [9.17, 15) is 18.0 Å². The number of H-pyrrole nitrogens is 1. The van der Waals surface area contributed by atoms with Crippen LogP contribution in [0.1, 0.15) is 96.3 Å². The van der Waals surface area contributed by atoms with Crippen molar-refractivity contribution in [2.24, 2.45) is 5.92 Å². The molecule has 10 rings (SSSR count). The predicted molar refractivity (Wildman–Crippen MR) is 232 cm³/mol. The summed E-state index contributed by atoms with van der Waals surface area (Å²) < 4.78 is 57.4. The Morgan fingerprint density at radius 2 is 1.65 bits per heavy atom. The van der Waals surface area contributed by atoms with Crippen LogP contribution in [0.25, 0.3) is 28.1 Å². The number of amides is 1. The van der Waals surface area contributed by atoms with Gasteiger partial charge in [0.05, 0.1) is 33.8 Å². The molecule has 0 unspecified atom stereocenters. The third-order valence-electron chi connectivity index (χ3n) is 13.5. The van der Waals surface area contributed by atoms with Gasteiger partial charge in [-0.3, -0.25) is 23.4 Å². The van der Waals surface area contributed by atoms with E-state index in [1.165, 1.54) is 26.8 Å². The first-order valence-electron chi connectivity index (χ1n) is 21.4. The zero-order valence-corrected chi connectivity index (χ0v) is 36.4. The normalized spacial score (nSPS) is 20.4. The van der Waals surface area contributed by atoms with E-state index in [0.29, 0.717) is 89.6 Å². The number of benzene rings is 3. The number of aromatic nitrogens is 7. The number of aryl methyl sites for hydroxylation is 2. The van der Waals surface area contributed by atoms with Crippen molar-refractivity contribution < 1.29 is 26.9 Å². The van der Waals surface area contributed by atoms with Crippen LogP contribution in [0.5, 0.6) is 0 Å². The highest BCUT2D eigenvalue weighted by atomic mass is 32.2. The number of imidazole rings is 1. The average Bonchev–Trinajstić information content (AvgIpc) is 3.78. The minimum Gasteiger partial charge on any atom is -0.381 e. The number of carbonyl (C=O) groups excluding carboxylic acids is 1. The summed E-state index contributed by atoms with van der Waals surface area (Å²) in [6.07, 6.45) is 6.01. The third kappa shape index (κ3) is 6.45. The standard InChI is InChI=1S/C46H47FN8O7S/c1-6-63(59,60)35-10-8-33(9-11-35)52-17-18-53(45(52)58)41-39-29(5)51(16-13-36(39)49-55(41)34-21-26(2)40(47)27(3)22-34)42(56)38-24-32-23-31(30-14-19-61-20-15-30)7-12-37(32)54(38)46(25-28(46)4)43-48-44(57)62-50-43/h7-12,17-18,21-24,28-30H,6,13-16,19-20,25H2,1-5H3,(H,48,50,57)/t28-,29-,46-/m0/s1. The molecule has 3 aliphatic rings. The molecule has 326 valence electrons. The molecule has 1 saturated carbocycles. The molecule has 7 aromatic rings. The molecule has 6 heterocycles. The minimum absolute atomic E-state index is 0.0107. The highest BCUT2D eigenvalue weighted by Gasteiger charge is 2.59. The maximum Gasteiger partial charge on any atom is 0.438 e. The maximum absolute atomic E-state index is 15.4. The molecule has 1 amide bonds. The van der Waals surface area contributed by atoms with Gasteiger partial charge in [-0.2, -0.15) is 5.10 Å². The summed E-state index contributed by atoms with van der Waals surface area (Å²) in [6.45, 7) is 10.6. The van der Waals surface area contributed by atoms with Crippen LogP contribution in [-0.4, -0.2) is 78.4 Å². The summed E-state index contributed by atoms with van der Waals surface area (Å²) in [6, 6.07) is 17.2. The largest absolute Gasteiger partial charge is 0.438 e. The van der Waals surface area contributed by atoms with Gasteiger partial charge in [0.2, 0.25) is 0 Å². The Balaban J connectivity index is 1.11. The van der Waals surface area contributed by atoms with Gasteiger partial charge in [-0.1, -0.05) is 25.1 Å². The van der Waals surface area contributed by atoms with E-state index in [-0.39, 0.29) is 28.3 Å². The minimum atomic E-state index is -3.46. The fourth-order valence-corrected chi connectivity index (χ4v) is 10.8.